The highest BCUT2D eigenvalue weighted by molar-refractivity contribution is 6.08. The maximum atomic E-state index is 13.2. The van der Waals surface area contributed by atoms with Gasteiger partial charge in [-0.3, -0.25) is 4.79 Å². The number of carbonyl (C=O) groups is 1. The van der Waals surface area contributed by atoms with Crippen LogP contribution in [-0.2, 0) is 4.79 Å². The van der Waals surface area contributed by atoms with E-state index in [9.17, 15) is 4.79 Å². The Balaban J connectivity index is 1.40. The highest BCUT2D eigenvalue weighted by Crippen LogP contribution is 2.44. The highest BCUT2D eigenvalue weighted by atomic mass is 16.5. The van der Waals surface area contributed by atoms with Crippen LogP contribution >= 0.6 is 0 Å². The van der Waals surface area contributed by atoms with Gasteiger partial charge in [0.25, 0.3) is 5.91 Å². The van der Waals surface area contributed by atoms with E-state index < -0.39 is 0 Å². The molecule has 0 saturated heterocycles. The summed E-state index contributed by atoms with van der Waals surface area (Å²) in [5.41, 5.74) is 2.02. The lowest BCUT2D eigenvalue weighted by molar-refractivity contribution is -0.136. The Labute approximate surface area is 185 Å². The number of ether oxygens (including phenoxy) is 2. The first kappa shape index (κ1) is 20.2. The Hall–Kier alpha value is -3.74. The summed E-state index contributed by atoms with van der Waals surface area (Å²) in [5, 5.41) is 6.31. The van der Waals surface area contributed by atoms with E-state index in [1.807, 2.05) is 30.3 Å². The molecule has 0 radical (unpaired) electrons. The lowest BCUT2D eigenvalue weighted by Crippen LogP contribution is -2.34. The molecule has 0 N–H and O–H groups in total. The van der Waals surface area contributed by atoms with Crippen molar-refractivity contribution in [2.75, 3.05) is 13.7 Å². The van der Waals surface area contributed by atoms with Gasteiger partial charge in [-0.05, 0) is 79.4 Å². The van der Waals surface area contributed by atoms with Gasteiger partial charge in [0.2, 0.25) is 0 Å². The van der Waals surface area contributed by atoms with Crippen LogP contribution < -0.4 is 9.47 Å². The smallest absolute Gasteiger partial charge is 0.281 e. The molecule has 3 aromatic rings. The lowest BCUT2D eigenvalue weighted by Gasteiger charge is -2.27. The molecule has 32 heavy (non-hydrogen) atoms. The van der Waals surface area contributed by atoms with Crippen molar-refractivity contribution in [1.82, 2.24) is 5.01 Å². The normalized spacial score (nSPS) is 21.3. The average Bonchev–Trinajstić information content (AvgIpc) is 3.58. The molecule has 2 unspecified atom stereocenters. The van der Waals surface area contributed by atoms with Gasteiger partial charge in [0.05, 0.1) is 25.3 Å². The molecule has 7 nitrogen and oxygen atoms in total. The third kappa shape index (κ3) is 3.93. The van der Waals surface area contributed by atoms with Crippen molar-refractivity contribution in [1.29, 1.82) is 0 Å². The van der Waals surface area contributed by atoms with E-state index in [0.717, 1.165) is 47.8 Å². The quantitative estimate of drug-likeness (QED) is 0.543. The second-order valence-corrected chi connectivity index (χ2v) is 7.83. The number of hydrogen-bond acceptors (Lipinski definition) is 6. The average molecular weight is 432 g/mol. The van der Waals surface area contributed by atoms with Crippen molar-refractivity contribution in [3.05, 3.63) is 78.2 Å². The van der Waals surface area contributed by atoms with E-state index in [2.05, 4.69) is 0 Å². The zero-order valence-electron chi connectivity index (χ0n) is 17.8. The van der Waals surface area contributed by atoms with Gasteiger partial charge < -0.3 is 18.3 Å². The SMILES string of the molecule is COc1ccc(OCC(=O)N2N=C3C(=Cc4ccco4)CCCC3C2c2ccco2)cc1. The summed E-state index contributed by atoms with van der Waals surface area (Å²) in [5.74, 6) is 2.68. The maximum Gasteiger partial charge on any atom is 0.281 e. The molecule has 1 aliphatic carbocycles. The maximum absolute atomic E-state index is 13.2. The number of nitrogens with zero attached hydrogens (tertiary/aromatic N) is 2. The largest absolute Gasteiger partial charge is 0.497 e. The predicted octanol–water partition coefficient (Wildman–Crippen LogP) is 5.08. The number of benzene rings is 1. The number of allylic oxidation sites excluding steroid dienone is 1. The summed E-state index contributed by atoms with van der Waals surface area (Å²) < 4.78 is 22.1. The molecule has 1 amide bonds. The third-order valence-corrected chi connectivity index (χ3v) is 5.87. The Morgan fingerprint density at radius 1 is 1.12 bits per heavy atom. The molecule has 1 fully saturated rings. The molecule has 0 spiro atoms. The highest BCUT2D eigenvalue weighted by Gasteiger charge is 2.45. The van der Waals surface area contributed by atoms with Crippen molar-refractivity contribution < 1.29 is 23.1 Å². The van der Waals surface area contributed by atoms with Crippen LogP contribution in [0.15, 0.2) is 80.6 Å². The van der Waals surface area contributed by atoms with Gasteiger partial charge in [-0.1, -0.05) is 0 Å². The fourth-order valence-electron chi connectivity index (χ4n) is 4.37. The standard InChI is InChI=1S/C25H24N2O5/c1-29-18-9-11-19(12-10-18)32-16-23(28)27-25(22-8-4-14-31-22)21-7-2-5-17(24(21)26-27)15-20-6-3-13-30-20/h3-4,6,8-15,21,25H,2,5,7,16H2,1H3. The number of hydrogen-bond donors (Lipinski definition) is 0. The Kier molecular flexibility index (Phi) is 5.54. The lowest BCUT2D eigenvalue weighted by atomic mass is 9.79. The van der Waals surface area contributed by atoms with Crippen LogP contribution in [0.3, 0.4) is 0 Å². The first-order valence-corrected chi connectivity index (χ1v) is 10.7. The first-order chi connectivity index (χ1) is 15.7. The van der Waals surface area contributed by atoms with Crippen LogP contribution in [0, 0.1) is 5.92 Å². The number of fused-ring (bicyclic) bond motifs is 1. The minimum absolute atomic E-state index is 0.0704. The Bertz CT molecular complexity index is 1110. The zero-order chi connectivity index (χ0) is 21.9. The number of amides is 1. The zero-order valence-corrected chi connectivity index (χ0v) is 17.8. The van der Waals surface area contributed by atoms with Gasteiger partial charge in [-0.2, -0.15) is 5.10 Å². The summed E-state index contributed by atoms with van der Waals surface area (Å²) >= 11 is 0. The molecule has 164 valence electrons. The molecule has 2 atom stereocenters. The molecule has 2 aromatic heterocycles. The number of carbonyl (C=O) groups excluding carboxylic acids is 1. The minimum Gasteiger partial charge on any atom is -0.497 e. The van der Waals surface area contributed by atoms with E-state index in [0.29, 0.717) is 5.75 Å². The first-order valence-electron chi connectivity index (χ1n) is 10.7. The summed E-state index contributed by atoms with van der Waals surface area (Å²) in [6, 6.07) is 14.4. The van der Waals surface area contributed by atoms with Crippen LogP contribution in [0.25, 0.3) is 6.08 Å². The minimum atomic E-state index is -0.285. The molecule has 7 heteroatoms. The van der Waals surface area contributed by atoms with Crippen LogP contribution in [0.2, 0.25) is 0 Å². The van der Waals surface area contributed by atoms with E-state index in [1.54, 1.807) is 43.9 Å². The third-order valence-electron chi connectivity index (χ3n) is 5.87. The molecular weight excluding hydrogens is 408 g/mol. The van der Waals surface area contributed by atoms with Crippen molar-refractivity contribution in [2.45, 2.75) is 25.3 Å². The van der Waals surface area contributed by atoms with Crippen molar-refractivity contribution >= 4 is 17.7 Å². The Morgan fingerprint density at radius 3 is 2.62 bits per heavy atom. The molecule has 1 aromatic carbocycles. The van der Waals surface area contributed by atoms with Crippen LogP contribution in [0.4, 0.5) is 0 Å². The summed E-state index contributed by atoms with van der Waals surface area (Å²) in [6.45, 7) is -0.121. The van der Waals surface area contributed by atoms with Gasteiger partial charge in [-0.25, -0.2) is 5.01 Å². The van der Waals surface area contributed by atoms with Gasteiger partial charge >= 0.3 is 0 Å². The summed E-state index contributed by atoms with van der Waals surface area (Å²) in [7, 11) is 1.61. The number of rotatable bonds is 6. The van der Waals surface area contributed by atoms with Gasteiger partial charge in [-0.15, -0.1) is 0 Å². The van der Waals surface area contributed by atoms with Crippen molar-refractivity contribution in [2.24, 2.45) is 11.0 Å². The monoisotopic (exact) mass is 432 g/mol. The van der Waals surface area contributed by atoms with Crippen LogP contribution in [0.1, 0.15) is 36.8 Å². The van der Waals surface area contributed by atoms with Crippen molar-refractivity contribution in [3.63, 3.8) is 0 Å². The topological polar surface area (TPSA) is 77.4 Å². The van der Waals surface area contributed by atoms with Crippen LogP contribution in [-0.4, -0.2) is 30.3 Å². The Morgan fingerprint density at radius 2 is 1.91 bits per heavy atom. The molecule has 0 bridgehead atoms. The molecule has 3 heterocycles. The van der Waals surface area contributed by atoms with Gasteiger partial charge in [0.15, 0.2) is 6.61 Å². The summed E-state index contributed by atoms with van der Waals surface area (Å²) in [4.78, 5) is 13.2. The number of furan rings is 2. The molecule has 2 aliphatic rings. The molecule has 1 saturated carbocycles. The molecular formula is C25H24N2O5. The summed E-state index contributed by atoms with van der Waals surface area (Å²) in [6.07, 6.45) is 8.14. The fraction of sp³-hybridized carbons (Fsp3) is 0.280. The second-order valence-electron chi connectivity index (χ2n) is 7.83. The van der Waals surface area contributed by atoms with Gasteiger partial charge in [0.1, 0.15) is 29.1 Å². The fourth-order valence-corrected chi connectivity index (χ4v) is 4.37. The van der Waals surface area contributed by atoms with Gasteiger partial charge in [0, 0.05) is 5.92 Å². The predicted molar refractivity (Wildman–Crippen MR) is 118 cm³/mol. The molecule has 5 rings (SSSR count). The van der Waals surface area contributed by atoms with Crippen LogP contribution in [0.5, 0.6) is 11.5 Å². The van der Waals surface area contributed by atoms with Crippen molar-refractivity contribution in [3.8, 4) is 11.5 Å². The number of methoxy groups -OCH3 is 1. The number of hydrazone groups is 1. The molecule has 1 aliphatic heterocycles. The van der Waals surface area contributed by atoms with E-state index >= 15 is 0 Å². The second kappa shape index (κ2) is 8.78. The van der Waals surface area contributed by atoms with E-state index in [1.165, 1.54) is 5.01 Å². The van der Waals surface area contributed by atoms with E-state index in [4.69, 9.17) is 23.4 Å². The van der Waals surface area contributed by atoms with E-state index in [-0.39, 0.29) is 24.5 Å².